The van der Waals surface area contributed by atoms with E-state index in [0.717, 1.165) is 18.8 Å². The van der Waals surface area contributed by atoms with Gasteiger partial charge < -0.3 is 0 Å². The van der Waals surface area contributed by atoms with Gasteiger partial charge in [-0.15, -0.1) is 0 Å². The summed E-state index contributed by atoms with van der Waals surface area (Å²) in [5.41, 5.74) is 0.989. The molecule has 0 bridgehead atoms. The summed E-state index contributed by atoms with van der Waals surface area (Å²) in [4.78, 5) is 12.3. The molecule has 0 radical (unpaired) electrons. The molecule has 0 amide bonds. The van der Waals surface area contributed by atoms with Crippen molar-refractivity contribution in [1.82, 2.24) is 0 Å². The number of Topliss-reactive ketones (excluding diaryl/α,β-unsaturated/α-hetero) is 1. The average molecular weight is 322 g/mol. The Kier molecular flexibility index (Phi) is 3.20. The van der Waals surface area contributed by atoms with Crippen molar-refractivity contribution in [3.05, 3.63) is 11.6 Å². The number of carbonyl (C=O) groups is 1. The molecule has 1 unspecified atom stereocenters. The van der Waals surface area contributed by atoms with Crippen molar-refractivity contribution in [3.8, 4) is 0 Å². The minimum atomic E-state index is -3.10. The van der Waals surface area contributed by atoms with Gasteiger partial charge in [0.2, 0.25) is 5.78 Å². The first-order chi connectivity index (χ1) is 10.7. The minimum absolute atomic E-state index is 0.127. The number of hydrogen-bond acceptors (Lipinski definition) is 1. The van der Waals surface area contributed by atoms with Crippen LogP contribution >= 0.6 is 0 Å². The predicted molar refractivity (Wildman–Crippen MR) is 86.2 cm³/mol. The highest BCUT2D eigenvalue weighted by molar-refractivity contribution is 5.93. The number of halogens is 2. The summed E-state index contributed by atoms with van der Waals surface area (Å²) in [6.45, 7) is 6.52. The summed E-state index contributed by atoms with van der Waals surface area (Å²) in [5, 5.41) is 0. The van der Waals surface area contributed by atoms with Crippen molar-refractivity contribution in [2.45, 2.75) is 71.6 Å². The molecular weight excluding hydrogens is 294 g/mol. The first-order valence-corrected chi connectivity index (χ1v) is 9.31. The van der Waals surface area contributed by atoms with E-state index in [1.54, 1.807) is 5.57 Å². The number of hydrogen-bond donors (Lipinski definition) is 0. The second kappa shape index (κ2) is 4.67. The third-order valence-corrected chi connectivity index (χ3v) is 8.07. The number of rotatable bonds is 0. The van der Waals surface area contributed by atoms with Crippen LogP contribution in [0.3, 0.4) is 0 Å². The fourth-order valence-corrected chi connectivity index (χ4v) is 6.61. The molecule has 0 aliphatic heterocycles. The SMILES string of the molecule is CC1CC[C@@]2(C)C(=CC[C@@H]3[C@H]2CC[C@]2(C)C(=O)C(F)(F)C[C@@H]32)C1. The van der Waals surface area contributed by atoms with Gasteiger partial charge >= 0.3 is 5.92 Å². The molecule has 0 aromatic rings. The minimum Gasteiger partial charge on any atom is -0.292 e. The number of fused-ring (bicyclic) bond motifs is 5. The normalized spacial score (nSPS) is 51.5. The Balaban J connectivity index is 1.71. The number of allylic oxidation sites excluding steroid dienone is 2. The van der Waals surface area contributed by atoms with Crippen LogP contribution in [0.25, 0.3) is 0 Å². The standard InChI is InChI=1S/C20H28F2O/c1-12-6-8-18(2)13(10-12)4-5-14-15(18)7-9-19(3)16(14)11-20(21,22)17(19)23/h4,12,14-16H,5-11H2,1-3H3/t12?,14-,15-,16+,18+,19+/m1/s1. The van der Waals surface area contributed by atoms with Crippen LogP contribution in [0.5, 0.6) is 0 Å². The smallest absolute Gasteiger partial charge is 0.292 e. The molecule has 1 nitrogen and oxygen atoms in total. The van der Waals surface area contributed by atoms with E-state index in [1.807, 2.05) is 6.92 Å². The molecule has 3 heteroatoms. The summed E-state index contributed by atoms with van der Waals surface area (Å²) < 4.78 is 28.3. The van der Waals surface area contributed by atoms with Gasteiger partial charge in [0.1, 0.15) is 0 Å². The Bertz CT molecular complexity index is 580. The Morgan fingerprint density at radius 2 is 1.78 bits per heavy atom. The van der Waals surface area contributed by atoms with E-state index < -0.39 is 17.1 Å². The molecule has 4 rings (SSSR count). The molecule has 0 saturated heterocycles. The third-order valence-electron chi connectivity index (χ3n) is 8.07. The molecule has 0 N–H and O–H groups in total. The predicted octanol–water partition coefficient (Wildman–Crippen LogP) is 5.40. The summed E-state index contributed by atoms with van der Waals surface area (Å²) in [6, 6.07) is 0. The van der Waals surface area contributed by atoms with Gasteiger partial charge in [-0.05, 0) is 67.6 Å². The Hall–Kier alpha value is -0.730. The van der Waals surface area contributed by atoms with Gasteiger partial charge in [-0.2, -0.15) is 8.78 Å². The van der Waals surface area contributed by atoms with Gasteiger partial charge in [0.15, 0.2) is 0 Å². The molecule has 4 aliphatic rings. The molecule has 3 fully saturated rings. The average Bonchev–Trinajstić information content (AvgIpc) is 2.68. The lowest BCUT2D eigenvalue weighted by atomic mass is 9.47. The van der Waals surface area contributed by atoms with Crippen molar-refractivity contribution < 1.29 is 13.6 Å². The first-order valence-electron chi connectivity index (χ1n) is 9.31. The molecule has 0 heterocycles. The van der Waals surface area contributed by atoms with Crippen LogP contribution in [0.4, 0.5) is 8.78 Å². The monoisotopic (exact) mass is 322 g/mol. The lowest BCUT2D eigenvalue weighted by Gasteiger charge is -2.56. The molecule has 23 heavy (non-hydrogen) atoms. The highest BCUT2D eigenvalue weighted by atomic mass is 19.3. The maximum atomic E-state index is 14.2. The van der Waals surface area contributed by atoms with Crippen LogP contribution in [-0.4, -0.2) is 11.7 Å². The molecule has 6 atom stereocenters. The molecule has 128 valence electrons. The molecule has 3 saturated carbocycles. The van der Waals surface area contributed by atoms with E-state index in [9.17, 15) is 13.6 Å². The van der Waals surface area contributed by atoms with E-state index in [4.69, 9.17) is 0 Å². The summed E-state index contributed by atoms with van der Waals surface area (Å²) in [6.07, 6.45) is 8.28. The highest BCUT2D eigenvalue weighted by Gasteiger charge is 2.67. The van der Waals surface area contributed by atoms with Crippen molar-refractivity contribution in [3.63, 3.8) is 0 Å². The van der Waals surface area contributed by atoms with Crippen molar-refractivity contribution in [2.75, 3.05) is 0 Å². The lowest BCUT2D eigenvalue weighted by Crippen LogP contribution is -2.50. The fraction of sp³-hybridized carbons (Fsp3) is 0.850. The summed E-state index contributed by atoms with van der Waals surface area (Å²) in [5.74, 6) is -2.48. The van der Waals surface area contributed by atoms with E-state index in [-0.39, 0.29) is 23.7 Å². The zero-order valence-electron chi connectivity index (χ0n) is 14.5. The van der Waals surface area contributed by atoms with Crippen LogP contribution < -0.4 is 0 Å². The first kappa shape index (κ1) is 15.8. The highest BCUT2D eigenvalue weighted by Crippen LogP contribution is 2.66. The largest absolute Gasteiger partial charge is 0.306 e. The van der Waals surface area contributed by atoms with E-state index in [1.165, 1.54) is 19.3 Å². The molecule has 4 aliphatic carbocycles. The topological polar surface area (TPSA) is 17.1 Å². The van der Waals surface area contributed by atoms with Crippen molar-refractivity contribution in [1.29, 1.82) is 0 Å². The maximum absolute atomic E-state index is 14.2. The molecule has 0 aromatic heterocycles. The van der Waals surface area contributed by atoms with Crippen LogP contribution in [0.1, 0.15) is 65.7 Å². The van der Waals surface area contributed by atoms with Gasteiger partial charge in [-0.1, -0.05) is 32.4 Å². The number of carbonyl (C=O) groups excluding carboxylic acids is 1. The third kappa shape index (κ3) is 1.97. The zero-order chi connectivity index (χ0) is 16.6. The van der Waals surface area contributed by atoms with Gasteiger partial charge in [-0.3, -0.25) is 4.79 Å². The van der Waals surface area contributed by atoms with Crippen LogP contribution in [-0.2, 0) is 4.79 Å². The van der Waals surface area contributed by atoms with Crippen LogP contribution in [0.15, 0.2) is 11.6 Å². The van der Waals surface area contributed by atoms with Crippen LogP contribution in [0.2, 0.25) is 0 Å². The van der Waals surface area contributed by atoms with Gasteiger partial charge in [0, 0.05) is 11.8 Å². The maximum Gasteiger partial charge on any atom is 0.306 e. The number of ketones is 1. The fourth-order valence-electron chi connectivity index (χ4n) is 6.61. The van der Waals surface area contributed by atoms with Crippen molar-refractivity contribution >= 4 is 5.78 Å². The van der Waals surface area contributed by atoms with E-state index in [2.05, 4.69) is 19.9 Å². The molecule has 0 aromatic carbocycles. The summed E-state index contributed by atoms with van der Waals surface area (Å²) >= 11 is 0. The van der Waals surface area contributed by atoms with E-state index >= 15 is 0 Å². The second-order valence-electron chi connectivity index (χ2n) is 9.30. The second-order valence-corrected chi connectivity index (χ2v) is 9.30. The van der Waals surface area contributed by atoms with Crippen LogP contribution in [0, 0.1) is 34.5 Å². The molecular formula is C20H28F2O. The van der Waals surface area contributed by atoms with Gasteiger partial charge in [0.05, 0.1) is 0 Å². The van der Waals surface area contributed by atoms with Crippen molar-refractivity contribution in [2.24, 2.45) is 34.5 Å². The summed E-state index contributed by atoms with van der Waals surface area (Å²) in [7, 11) is 0. The van der Waals surface area contributed by atoms with Gasteiger partial charge in [-0.25, -0.2) is 0 Å². The Morgan fingerprint density at radius 1 is 1.09 bits per heavy atom. The zero-order valence-corrected chi connectivity index (χ0v) is 14.5. The van der Waals surface area contributed by atoms with Gasteiger partial charge in [0.25, 0.3) is 0 Å². The Morgan fingerprint density at radius 3 is 2.52 bits per heavy atom. The Labute approximate surface area is 137 Å². The quantitative estimate of drug-likeness (QED) is 0.546. The lowest BCUT2D eigenvalue weighted by molar-refractivity contribution is -0.147. The van der Waals surface area contributed by atoms with E-state index in [0.29, 0.717) is 12.3 Å². The number of alkyl halides is 2. The molecule has 0 spiro atoms.